The van der Waals surface area contributed by atoms with Gasteiger partial charge in [0.15, 0.2) is 6.10 Å². The number of halogens is 1. The molecule has 0 saturated carbocycles. The van der Waals surface area contributed by atoms with E-state index >= 15 is 0 Å². The summed E-state index contributed by atoms with van der Waals surface area (Å²) in [6.45, 7) is 4.02. The van der Waals surface area contributed by atoms with Crippen molar-refractivity contribution >= 4 is 38.9 Å². The van der Waals surface area contributed by atoms with E-state index in [1.165, 1.54) is 10.4 Å². The van der Waals surface area contributed by atoms with Crippen LogP contribution < -0.4 is 14.4 Å². The molecule has 3 rings (SSSR count). The number of hydrogen-bond acceptors (Lipinski definition) is 4. The zero-order valence-electron chi connectivity index (χ0n) is 15.3. The van der Waals surface area contributed by atoms with Gasteiger partial charge in [-0.1, -0.05) is 29.3 Å². The van der Waals surface area contributed by atoms with E-state index in [0.717, 1.165) is 17.4 Å². The van der Waals surface area contributed by atoms with Crippen molar-refractivity contribution in [2.45, 2.75) is 26.4 Å². The Balaban J connectivity index is 1.88. The summed E-state index contributed by atoms with van der Waals surface area (Å²) in [5, 5.41) is 3.27. The first kappa shape index (κ1) is 19.5. The lowest BCUT2D eigenvalue weighted by Gasteiger charge is -2.21. The zero-order valence-corrected chi connectivity index (χ0v) is 16.9. The standard InChI is InChI=1S/C19H21ClN2O4S/c1-12-4-6-15(13(2)10-12)21-19(23)18-8-9-22(27(3,24)25)16-11-14(20)5-7-17(16)26-18/h4-7,10-11,18H,8-9H2,1-3H3,(H,21,23)/t18-/m0/s1. The van der Waals surface area contributed by atoms with Gasteiger partial charge in [-0.15, -0.1) is 0 Å². The van der Waals surface area contributed by atoms with Gasteiger partial charge in [0.05, 0.1) is 11.9 Å². The van der Waals surface area contributed by atoms with Gasteiger partial charge in [0.1, 0.15) is 5.75 Å². The molecular weight excluding hydrogens is 388 g/mol. The minimum absolute atomic E-state index is 0.122. The second-order valence-electron chi connectivity index (χ2n) is 6.65. The number of amides is 1. The number of rotatable bonds is 3. The number of fused-ring (bicyclic) bond motifs is 1. The lowest BCUT2D eigenvalue weighted by atomic mass is 10.1. The summed E-state index contributed by atoms with van der Waals surface area (Å²) in [5.74, 6) is -0.0127. The van der Waals surface area contributed by atoms with Crippen molar-refractivity contribution in [3.05, 3.63) is 52.5 Å². The molecule has 2 aromatic rings. The average molecular weight is 409 g/mol. The molecule has 0 bridgehead atoms. The van der Waals surface area contributed by atoms with Crippen LogP contribution in [0.2, 0.25) is 5.02 Å². The van der Waals surface area contributed by atoms with Gasteiger partial charge < -0.3 is 10.1 Å². The maximum Gasteiger partial charge on any atom is 0.265 e. The maximum absolute atomic E-state index is 12.8. The highest BCUT2D eigenvalue weighted by molar-refractivity contribution is 7.92. The highest BCUT2D eigenvalue weighted by Gasteiger charge is 2.31. The predicted octanol–water partition coefficient (Wildman–Crippen LogP) is 3.51. The Bertz CT molecular complexity index is 991. The minimum Gasteiger partial charge on any atom is -0.478 e. The van der Waals surface area contributed by atoms with E-state index in [9.17, 15) is 13.2 Å². The predicted molar refractivity (Wildman–Crippen MR) is 107 cm³/mol. The van der Waals surface area contributed by atoms with Crippen LogP contribution in [0.25, 0.3) is 0 Å². The Kier molecular flexibility index (Phi) is 5.35. The average Bonchev–Trinajstić information content (AvgIpc) is 2.76. The molecule has 1 amide bonds. The third-order valence-electron chi connectivity index (χ3n) is 4.39. The topological polar surface area (TPSA) is 75.7 Å². The van der Waals surface area contributed by atoms with Crippen LogP contribution in [0.15, 0.2) is 36.4 Å². The molecule has 0 unspecified atom stereocenters. The van der Waals surface area contributed by atoms with Crippen molar-refractivity contribution < 1.29 is 17.9 Å². The van der Waals surface area contributed by atoms with Crippen LogP contribution in [0.1, 0.15) is 17.5 Å². The van der Waals surface area contributed by atoms with Crippen molar-refractivity contribution in [2.75, 3.05) is 22.4 Å². The molecule has 0 aromatic heterocycles. The number of ether oxygens (including phenoxy) is 1. The fraction of sp³-hybridized carbons (Fsp3) is 0.316. The summed E-state index contributed by atoms with van der Waals surface area (Å²) in [7, 11) is -3.54. The molecule has 1 N–H and O–H groups in total. The van der Waals surface area contributed by atoms with Crippen LogP contribution in [0.4, 0.5) is 11.4 Å². The van der Waals surface area contributed by atoms with Crippen molar-refractivity contribution in [3.63, 3.8) is 0 Å². The van der Waals surface area contributed by atoms with Gasteiger partial charge in [0.2, 0.25) is 10.0 Å². The first-order chi connectivity index (χ1) is 12.6. The van der Waals surface area contributed by atoms with Gasteiger partial charge in [-0.05, 0) is 43.7 Å². The summed E-state index contributed by atoms with van der Waals surface area (Å²) in [6.07, 6.45) is 0.515. The Morgan fingerprint density at radius 2 is 1.96 bits per heavy atom. The van der Waals surface area contributed by atoms with E-state index in [-0.39, 0.29) is 18.9 Å². The molecule has 0 saturated heterocycles. The molecule has 1 atom stereocenters. The molecule has 6 nitrogen and oxygen atoms in total. The molecule has 0 radical (unpaired) electrons. The molecule has 144 valence electrons. The highest BCUT2D eigenvalue weighted by atomic mass is 35.5. The lowest BCUT2D eigenvalue weighted by Crippen LogP contribution is -2.36. The largest absolute Gasteiger partial charge is 0.478 e. The monoisotopic (exact) mass is 408 g/mol. The van der Waals surface area contributed by atoms with Gasteiger partial charge in [0, 0.05) is 23.7 Å². The fourth-order valence-corrected chi connectivity index (χ4v) is 4.15. The number of sulfonamides is 1. The smallest absolute Gasteiger partial charge is 0.265 e. The first-order valence-corrected chi connectivity index (χ1v) is 10.7. The molecule has 0 spiro atoms. The van der Waals surface area contributed by atoms with E-state index in [1.807, 2.05) is 32.0 Å². The van der Waals surface area contributed by atoms with Crippen LogP contribution >= 0.6 is 11.6 Å². The molecule has 1 aliphatic heterocycles. The second kappa shape index (κ2) is 7.40. The van der Waals surface area contributed by atoms with E-state index in [4.69, 9.17) is 16.3 Å². The van der Waals surface area contributed by atoms with Crippen molar-refractivity contribution in [1.29, 1.82) is 0 Å². The van der Waals surface area contributed by atoms with Crippen LogP contribution in [0.3, 0.4) is 0 Å². The van der Waals surface area contributed by atoms with Crippen LogP contribution in [0, 0.1) is 13.8 Å². The molecule has 27 heavy (non-hydrogen) atoms. The van der Waals surface area contributed by atoms with Crippen molar-refractivity contribution in [3.8, 4) is 5.75 Å². The van der Waals surface area contributed by atoms with Crippen LogP contribution in [-0.2, 0) is 14.8 Å². The molecule has 8 heteroatoms. The van der Waals surface area contributed by atoms with Gasteiger partial charge in [-0.25, -0.2) is 8.42 Å². The number of anilines is 2. The minimum atomic E-state index is -3.54. The summed E-state index contributed by atoms with van der Waals surface area (Å²) in [6, 6.07) is 10.5. The van der Waals surface area contributed by atoms with Crippen LogP contribution in [0.5, 0.6) is 5.75 Å². The quantitative estimate of drug-likeness (QED) is 0.843. The number of nitrogens with one attached hydrogen (secondary N) is 1. The molecule has 0 aliphatic carbocycles. The second-order valence-corrected chi connectivity index (χ2v) is 8.99. The summed E-state index contributed by atoms with van der Waals surface area (Å²) in [4.78, 5) is 12.8. The molecular formula is C19H21ClN2O4S. The zero-order chi connectivity index (χ0) is 19.8. The molecule has 1 aliphatic rings. The SMILES string of the molecule is Cc1ccc(NC(=O)[C@@H]2CCN(S(C)(=O)=O)c3cc(Cl)ccc3O2)c(C)c1. The summed E-state index contributed by atoms with van der Waals surface area (Å²) >= 11 is 6.03. The van der Waals surface area contributed by atoms with E-state index in [1.54, 1.807) is 12.1 Å². The number of benzene rings is 2. The van der Waals surface area contributed by atoms with E-state index in [2.05, 4.69) is 5.32 Å². The Morgan fingerprint density at radius 1 is 1.22 bits per heavy atom. The molecule has 0 fully saturated rings. The molecule has 1 heterocycles. The van der Waals surface area contributed by atoms with E-state index < -0.39 is 16.1 Å². The van der Waals surface area contributed by atoms with Gasteiger partial charge in [0.25, 0.3) is 5.91 Å². The number of nitrogens with zero attached hydrogens (tertiary/aromatic N) is 1. The fourth-order valence-electron chi connectivity index (χ4n) is 3.05. The first-order valence-electron chi connectivity index (χ1n) is 8.47. The van der Waals surface area contributed by atoms with Gasteiger partial charge in [-0.2, -0.15) is 0 Å². The Hall–Kier alpha value is -2.25. The van der Waals surface area contributed by atoms with Crippen LogP contribution in [-0.4, -0.2) is 33.2 Å². The molecule has 2 aromatic carbocycles. The lowest BCUT2D eigenvalue weighted by molar-refractivity contribution is -0.122. The van der Waals surface area contributed by atoms with Crippen molar-refractivity contribution in [1.82, 2.24) is 0 Å². The Labute approximate surface area is 164 Å². The van der Waals surface area contributed by atoms with E-state index in [0.29, 0.717) is 22.1 Å². The summed E-state index contributed by atoms with van der Waals surface area (Å²) in [5.41, 5.74) is 3.09. The van der Waals surface area contributed by atoms with Gasteiger partial charge in [-0.3, -0.25) is 9.10 Å². The number of aryl methyl sites for hydroxylation is 2. The van der Waals surface area contributed by atoms with Crippen molar-refractivity contribution in [2.24, 2.45) is 0 Å². The number of carbonyl (C=O) groups excluding carboxylic acids is 1. The number of carbonyl (C=O) groups is 1. The third kappa shape index (κ3) is 4.36. The number of hydrogen-bond donors (Lipinski definition) is 1. The maximum atomic E-state index is 12.8. The summed E-state index contributed by atoms with van der Waals surface area (Å²) < 4.78 is 31.4. The van der Waals surface area contributed by atoms with Gasteiger partial charge >= 0.3 is 0 Å². The highest BCUT2D eigenvalue weighted by Crippen LogP contribution is 2.36. The third-order valence-corrected chi connectivity index (χ3v) is 5.80. The normalized spacial score (nSPS) is 16.9. The Morgan fingerprint density at radius 3 is 2.63 bits per heavy atom.